The molecule has 2 atom stereocenters. The van der Waals surface area contributed by atoms with Crippen LogP contribution in [0.2, 0.25) is 0 Å². The van der Waals surface area contributed by atoms with Gasteiger partial charge in [0.15, 0.2) is 0 Å². The van der Waals surface area contributed by atoms with Crippen LogP contribution in [0.4, 0.5) is 5.69 Å². The van der Waals surface area contributed by atoms with Crippen molar-refractivity contribution in [2.24, 2.45) is 0 Å². The molecule has 1 amide bonds. The number of anilines is 1. The fourth-order valence-corrected chi connectivity index (χ4v) is 1.76. The van der Waals surface area contributed by atoms with E-state index in [0.717, 1.165) is 5.56 Å². The minimum atomic E-state index is -0.629. The first kappa shape index (κ1) is 15.0. The van der Waals surface area contributed by atoms with Crippen molar-refractivity contribution in [2.45, 2.75) is 32.2 Å². The van der Waals surface area contributed by atoms with Crippen molar-refractivity contribution in [3.05, 3.63) is 29.8 Å². The Labute approximate surface area is 113 Å². The fourth-order valence-electron chi connectivity index (χ4n) is 1.76. The molecule has 3 N–H and O–H groups in total. The molecule has 1 unspecified atom stereocenters. The molecule has 0 heterocycles. The van der Waals surface area contributed by atoms with Gasteiger partial charge in [-0.2, -0.15) is 0 Å². The molecule has 0 aliphatic rings. The number of esters is 1. The maximum atomic E-state index is 11.8. The second kappa shape index (κ2) is 6.78. The van der Waals surface area contributed by atoms with Gasteiger partial charge in [-0.1, -0.05) is 19.1 Å². The van der Waals surface area contributed by atoms with Crippen LogP contribution in [0.5, 0.6) is 0 Å². The minimum Gasteiger partial charge on any atom is -0.467 e. The van der Waals surface area contributed by atoms with E-state index in [1.165, 1.54) is 7.11 Å². The molecule has 0 aromatic heterocycles. The van der Waals surface area contributed by atoms with Gasteiger partial charge in [-0.05, 0) is 30.5 Å². The summed E-state index contributed by atoms with van der Waals surface area (Å²) in [6.07, 6.45) is 0.311. The maximum absolute atomic E-state index is 11.8. The number of nitrogen functional groups attached to an aromatic ring is 1. The summed E-state index contributed by atoms with van der Waals surface area (Å²) in [5.41, 5.74) is 7.34. The van der Waals surface area contributed by atoms with Gasteiger partial charge in [0.05, 0.1) is 7.11 Å². The molecule has 104 valence electrons. The zero-order chi connectivity index (χ0) is 14.4. The normalized spacial score (nSPS) is 13.4. The van der Waals surface area contributed by atoms with Gasteiger partial charge >= 0.3 is 5.97 Å². The second-order valence-electron chi connectivity index (χ2n) is 4.58. The van der Waals surface area contributed by atoms with Crippen LogP contribution in [0.1, 0.15) is 31.7 Å². The lowest BCUT2D eigenvalue weighted by Crippen LogP contribution is -2.39. The lowest BCUT2D eigenvalue weighted by molar-refractivity contribution is -0.144. The van der Waals surface area contributed by atoms with E-state index in [1.807, 2.05) is 19.1 Å². The Hall–Kier alpha value is -2.04. The lowest BCUT2D eigenvalue weighted by atomic mass is 9.97. The van der Waals surface area contributed by atoms with Crippen LogP contribution < -0.4 is 11.1 Å². The first-order valence-electron chi connectivity index (χ1n) is 6.16. The smallest absolute Gasteiger partial charge is 0.328 e. The number of ether oxygens (including phenoxy) is 1. The molecule has 5 nitrogen and oxygen atoms in total. The van der Waals surface area contributed by atoms with E-state index in [-0.39, 0.29) is 11.8 Å². The third kappa shape index (κ3) is 4.62. The summed E-state index contributed by atoms with van der Waals surface area (Å²) in [6, 6.07) is 6.78. The highest BCUT2D eigenvalue weighted by molar-refractivity contribution is 5.84. The van der Waals surface area contributed by atoms with Gasteiger partial charge in [0.25, 0.3) is 0 Å². The van der Waals surface area contributed by atoms with E-state index in [9.17, 15) is 9.59 Å². The predicted molar refractivity (Wildman–Crippen MR) is 73.5 cm³/mol. The maximum Gasteiger partial charge on any atom is 0.328 e. The van der Waals surface area contributed by atoms with E-state index in [0.29, 0.717) is 12.1 Å². The highest BCUT2D eigenvalue weighted by atomic mass is 16.5. The number of hydrogen-bond acceptors (Lipinski definition) is 4. The van der Waals surface area contributed by atoms with E-state index < -0.39 is 12.0 Å². The number of carbonyl (C=O) groups is 2. The molecule has 1 aromatic rings. The van der Waals surface area contributed by atoms with Crippen LogP contribution in [-0.4, -0.2) is 25.0 Å². The summed E-state index contributed by atoms with van der Waals surface area (Å²) in [6.45, 7) is 3.55. The van der Waals surface area contributed by atoms with Gasteiger partial charge in [0, 0.05) is 12.1 Å². The number of amides is 1. The first-order valence-corrected chi connectivity index (χ1v) is 6.16. The zero-order valence-corrected chi connectivity index (χ0v) is 11.5. The minimum absolute atomic E-state index is 0.0606. The van der Waals surface area contributed by atoms with Crippen LogP contribution in [0, 0.1) is 0 Å². The number of nitrogens with one attached hydrogen (secondary N) is 1. The summed E-state index contributed by atoms with van der Waals surface area (Å²) in [5.74, 6) is -0.568. The Kier molecular flexibility index (Phi) is 5.36. The average Bonchev–Trinajstić information content (AvgIpc) is 2.38. The Morgan fingerprint density at radius 3 is 2.37 bits per heavy atom. The number of hydrogen-bond donors (Lipinski definition) is 2. The third-order valence-electron chi connectivity index (χ3n) is 2.93. The molecular formula is C14H20N2O3. The number of nitrogens with two attached hydrogens (primary N) is 1. The van der Waals surface area contributed by atoms with Crippen molar-refractivity contribution >= 4 is 17.6 Å². The summed E-state index contributed by atoms with van der Waals surface area (Å²) >= 11 is 0. The lowest BCUT2D eigenvalue weighted by Gasteiger charge is -2.15. The van der Waals surface area contributed by atoms with Crippen molar-refractivity contribution in [1.82, 2.24) is 5.32 Å². The molecule has 0 aliphatic heterocycles. The quantitative estimate of drug-likeness (QED) is 0.623. The molecular weight excluding hydrogens is 244 g/mol. The number of benzene rings is 1. The molecule has 1 aromatic carbocycles. The van der Waals surface area contributed by atoms with Crippen molar-refractivity contribution < 1.29 is 14.3 Å². The largest absolute Gasteiger partial charge is 0.467 e. The summed E-state index contributed by atoms with van der Waals surface area (Å²) in [7, 11) is 1.29. The van der Waals surface area contributed by atoms with Crippen LogP contribution >= 0.6 is 0 Å². The Morgan fingerprint density at radius 1 is 1.26 bits per heavy atom. The van der Waals surface area contributed by atoms with Crippen molar-refractivity contribution in [1.29, 1.82) is 0 Å². The SMILES string of the molecule is COC(=O)[C@H](C)NC(=O)CC(C)c1ccc(N)cc1. The van der Waals surface area contributed by atoms with E-state index in [1.54, 1.807) is 19.1 Å². The highest BCUT2D eigenvalue weighted by Gasteiger charge is 2.17. The number of rotatable bonds is 5. The summed E-state index contributed by atoms with van der Waals surface area (Å²) in [4.78, 5) is 23.0. The third-order valence-corrected chi connectivity index (χ3v) is 2.93. The van der Waals surface area contributed by atoms with Crippen molar-refractivity contribution in [2.75, 3.05) is 12.8 Å². The Morgan fingerprint density at radius 2 is 1.84 bits per heavy atom. The van der Waals surface area contributed by atoms with Crippen LogP contribution in [0.15, 0.2) is 24.3 Å². The van der Waals surface area contributed by atoms with Gasteiger partial charge in [-0.15, -0.1) is 0 Å². The molecule has 19 heavy (non-hydrogen) atoms. The molecule has 0 bridgehead atoms. The molecule has 0 aliphatic carbocycles. The molecule has 0 saturated heterocycles. The molecule has 0 saturated carbocycles. The van der Waals surface area contributed by atoms with E-state index in [2.05, 4.69) is 10.1 Å². The predicted octanol–water partition coefficient (Wildman–Crippen LogP) is 1.44. The summed E-state index contributed by atoms with van der Waals surface area (Å²) in [5, 5.41) is 2.60. The summed E-state index contributed by atoms with van der Waals surface area (Å²) < 4.78 is 4.55. The zero-order valence-electron chi connectivity index (χ0n) is 11.5. The van der Waals surface area contributed by atoms with Gasteiger partial charge in [0.2, 0.25) is 5.91 Å². The molecule has 0 fully saturated rings. The van der Waals surface area contributed by atoms with Gasteiger partial charge in [0.1, 0.15) is 6.04 Å². The fraction of sp³-hybridized carbons (Fsp3) is 0.429. The molecule has 0 radical (unpaired) electrons. The Balaban J connectivity index is 2.52. The second-order valence-corrected chi connectivity index (χ2v) is 4.58. The topological polar surface area (TPSA) is 81.4 Å². The number of methoxy groups -OCH3 is 1. The van der Waals surface area contributed by atoms with Gasteiger partial charge in [-0.3, -0.25) is 4.79 Å². The van der Waals surface area contributed by atoms with Crippen molar-refractivity contribution in [3.63, 3.8) is 0 Å². The Bertz CT molecular complexity index is 443. The first-order chi connectivity index (χ1) is 8.93. The molecule has 5 heteroatoms. The van der Waals surface area contributed by atoms with E-state index in [4.69, 9.17) is 5.73 Å². The standard InChI is InChI=1S/C14H20N2O3/c1-9(11-4-6-12(15)7-5-11)8-13(17)16-10(2)14(18)19-3/h4-7,9-10H,8,15H2,1-3H3,(H,16,17)/t9?,10-/m0/s1. The molecule has 0 spiro atoms. The number of carbonyl (C=O) groups excluding carboxylic acids is 2. The average molecular weight is 264 g/mol. The van der Waals surface area contributed by atoms with Crippen LogP contribution in [0.25, 0.3) is 0 Å². The van der Waals surface area contributed by atoms with Crippen molar-refractivity contribution in [3.8, 4) is 0 Å². The van der Waals surface area contributed by atoms with Gasteiger partial charge < -0.3 is 15.8 Å². The van der Waals surface area contributed by atoms with Crippen LogP contribution in [0.3, 0.4) is 0 Å². The monoisotopic (exact) mass is 264 g/mol. The molecule has 1 rings (SSSR count). The highest BCUT2D eigenvalue weighted by Crippen LogP contribution is 2.19. The van der Waals surface area contributed by atoms with Crippen LogP contribution in [-0.2, 0) is 14.3 Å². The van der Waals surface area contributed by atoms with E-state index >= 15 is 0 Å². The van der Waals surface area contributed by atoms with Gasteiger partial charge in [-0.25, -0.2) is 4.79 Å².